The van der Waals surface area contributed by atoms with E-state index in [1.807, 2.05) is 23.9 Å². The van der Waals surface area contributed by atoms with Gasteiger partial charge in [0.25, 0.3) is 0 Å². The Morgan fingerprint density at radius 3 is 2.80 bits per heavy atom. The smallest absolute Gasteiger partial charge is 0.231 e. The van der Waals surface area contributed by atoms with Crippen LogP contribution in [0.5, 0.6) is 11.5 Å². The van der Waals surface area contributed by atoms with E-state index in [4.69, 9.17) is 14.5 Å². The Kier molecular flexibility index (Phi) is 3.00. The molecule has 2 aliphatic heterocycles. The lowest BCUT2D eigenvalue weighted by Gasteiger charge is -2.21. The fourth-order valence-electron chi connectivity index (χ4n) is 2.73. The molecule has 5 nitrogen and oxygen atoms in total. The second-order valence-corrected chi connectivity index (χ2v) is 6.48. The molecule has 0 aliphatic carbocycles. The summed E-state index contributed by atoms with van der Waals surface area (Å²) in [6.45, 7) is 2.53. The van der Waals surface area contributed by atoms with E-state index in [1.54, 1.807) is 0 Å². The van der Waals surface area contributed by atoms with Crippen molar-refractivity contribution in [1.82, 2.24) is 14.9 Å². The average Bonchev–Trinajstić information content (AvgIpc) is 3.03. The van der Waals surface area contributed by atoms with E-state index in [0.29, 0.717) is 12.0 Å². The number of thioether (sulfide) groups is 1. The number of piperidine rings is 1. The third-order valence-electron chi connectivity index (χ3n) is 3.89. The van der Waals surface area contributed by atoms with Gasteiger partial charge in [0.15, 0.2) is 16.7 Å². The first-order valence-electron chi connectivity index (χ1n) is 6.95. The van der Waals surface area contributed by atoms with E-state index in [2.05, 4.69) is 16.9 Å². The minimum absolute atomic E-state index is 0.308. The SMILES string of the molecule is Cn1c(SC2CCNCC2)nc2cc3c(cc21)OCO3. The van der Waals surface area contributed by atoms with Crippen molar-refractivity contribution in [2.24, 2.45) is 7.05 Å². The van der Waals surface area contributed by atoms with Gasteiger partial charge in [-0.05, 0) is 25.9 Å². The zero-order chi connectivity index (χ0) is 13.5. The number of aromatic nitrogens is 2. The quantitative estimate of drug-likeness (QED) is 0.918. The molecular weight excluding hydrogens is 274 g/mol. The highest BCUT2D eigenvalue weighted by atomic mass is 32.2. The molecule has 1 N–H and O–H groups in total. The summed E-state index contributed by atoms with van der Waals surface area (Å²) in [6, 6.07) is 4.00. The van der Waals surface area contributed by atoms with Crippen molar-refractivity contribution in [3.05, 3.63) is 12.1 Å². The second-order valence-electron chi connectivity index (χ2n) is 5.21. The van der Waals surface area contributed by atoms with Crippen LogP contribution in [-0.4, -0.2) is 34.7 Å². The fourth-order valence-corrected chi connectivity index (χ4v) is 3.90. The molecule has 1 fully saturated rings. The minimum Gasteiger partial charge on any atom is -0.454 e. The first-order valence-corrected chi connectivity index (χ1v) is 7.83. The molecule has 0 radical (unpaired) electrons. The van der Waals surface area contributed by atoms with Gasteiger partial charge >= 0.3 is 0 Å². The Balaban J connectivity index is 1.68. The predicted octanol–water partition coefficient (Wildman–Crippen LogP) is 2.15. The highest BCUT2D eigenvalue weighted by Gasteiger charge is 2.21. The summed E-state index contributed by atoms with van der Waals surface area (Å²) in [5.41, 5.74) is 2.08. The fraction of sp³-hybridized carbons (Fsp3) is 0.500. The second kappa shape index (κ2) is 4.86. The van der Waals surface area contributed by atoms with Gasteiger partial charge in [-0.15, -0.1) is 0 Å². The Morgan fingerprint density at radius 1 is 1.25 bits per heavy atom. The van der Waals surface area contributed by atoms with Gasteiger partial charge in [-0.1, -0.05) is 11.8 Å². The summed E-state index contributed by atoms with van der Waals surface area (Å²) in [5.74, 6) is 1.62. The third kappa shape index (κ3) is 2.03. The summed E-state index contributed by atoms with van der Waals surface area (Å²) in [5, 5.41) is 5.14. The topological polar surface area (TPSA) is 48.3 Å². The van der Waals surface area contributed by atoms with E-state index in [0.717, 1.165) is 40.8 Å². The molecule has 4 rings (SSSR count). The summed E-state index contributed by atoms with van der Waals surface area (Å²) >= 11 is 1.88. The molecule has 3 heterocycles. The molecule has 6 heteroatoms. The largest absolute Gasteiger partial charge is 0.454 e. The lowest BCUT2D eigenvalue weighted by atomic mass is 10.2. The Labute approximate surface area is 121 Å². The molecule has 2 aromatic rings. The molecule has 0 spiro atoms. The molecular formula is C14H17N3O2S. The number of imidazole rings is 1. The van der Waals surface area contributed by atoms with Crippen LogP contribution < -0.4 is 14.8 Å². The number of rotatable bonds is 2. The maximum absolute atomic E-state index is 5.44. The number of hydrogen-bond donors (Lipinski definition) is 1. The Morgan fingerprint density at radius 2 is 2.00 bits per heavy atom. The van der Waals surface area contributed by atoms with Gasteiger partial charge in [-0.3, -0.25) is 0 Å². The van der Waals surface area contributed by atoms with Crippen molar-refractivity contribution in [2.45, 2.75) is 23.2 Å². The maximum atomic E-state index is 5.44. The van der Waals surface area contributed by atoms with Gasteiger partial charge < -0.3 is 19.4 Å². The number of hydrogen-bond acceptors (Lipinski definition) is 5. The van der Waals surface area contributed by atoms with Crippen LogP contribution in [0.4, 0.5) is 0 Å². The first-order chi connectivity index (χ1) is 9.81. The van der Waals surface area contributed by atoms with Crippen molar-refractivity contribution >= 4 is 22.8 Å². The van der Waals surface area contributed by atoms with Crippen molar-refractivity contribution in [2.75, 3.05) is 19.9 Å². The van der Waals surface area contributed by atoms with Crippen molar-refractivity contribution in [3.63, 3.8) is 0 Å². The first kappa shape index (κ1) is 12.3. The van der Waals surface area contributed by atoms with Gasteiger partial charge in [-0.25, -0.2) is 4.98 Å². The van der Waals surface area contributed by atoms with E-state index in [1.165, 1.54) is 12.8 Å². The predicted molar refractivity (Wildman–Crippen MR) is 78.6 cm³/mol. The lowest BCUT2D eigenvalue weighted by molar-refractivity contribution is 0.174. The number of benzene rings is 1. The summed E-state index contributed by atoms with van der Waals surface area (Å²) in [7, 11) is 2.07. The van der Waals surface area contributed by atoms with Gasteiger partial charge in [0.2, 0.25) is 6.79 Å². The average molecular weight is 291 g/mol. The molecule has 1 saturated heterocycles. The minimum atomic E-state index is 0.308. The molecule has 2 aliphatic rings. The van der Waals surface area contributed by atoms with Gasteiger partial charge in [0.1, 0.15) is 0 Å². The standard InChI is InChI=1S/C14H17N3O2S/c1-17-11-7-13-12(18-8-19-13)6-10(11)16-14(17)20-9-2-4-15-5-3-9/h6-7,9,15H,2-5,8H2,1H3. The number of aryl methyl sites for hydroxylation is 1. The van der Waals surface area contributed by atoms with Gasteiger partial charge in [-0.2, -0.15) is 0 Å². The molecule has 0 atom stereocenters. The van der Waals surface area contributed by atoms with Crippen LogP contribution in [0.3, 0.4) is 0 Å². The van der Waals surface area contributed by atoms with E-state index in [9.17, 15) is 0 Å². The third-order valence-corrected chi connectivity index (χ3v) is 5.27. The molecule has 106 valence electrons. The summed E-state index contributed by atoms with van der Waals surface area (Å²) < 4.78 is 13.0. The number of nitrogens with zero attached hydrogens (tertiary/aromatic N) is 2. The highest BCUT2D eigenvalue weighted by Crippen LogP contribution is 2.38. The van der Waals surface area contributed by atoms with E-state index >= 15 is 0 Å². The molecule has 0 amide bonds. The van der Waals surface area contributed by atoms with E-state index in [-0.39, 0.29) is 0 Å². The van der Waals surface area contributed by atoms with E-state index < -0.39 is 0 Å². The zero-order valence-electron chi connectivity index (χ0n) is 11.4. The summed E-state index contributed by atoms with van der Waals surface area (Å²) in [6.07, 6.45) is 2.41. The molecule has 0 bridgehead atoms. The Bertz CT molecular complexity index is 649. The molecule has 1 aromatic carbocycles. The monoisotopic (exact) mass is 291 g/mol. The Hall–Kier alpha value is -1.40. The number of nitrogens with one attached hydrogen (secondary N) is 1. The molecule has 1 aromatic heterocycles. The van der Waals surface area contributed by atoms with Crippen LogP contribution in [0.2, 0.25) is 0 Å². The molecule has 20 heavy (non-hydrogen) atoms. The zero-order valence-corrected chi connectivity index (χ0v) is 12.2. The van der Waals surface area contributed by atoms with Crippen molar-refractivity contribution in [1.29, 1.82) is 0 Å². The van der Waals surface area contributed by atoms with Crippen LogP contribution in [0.15, 0.2) is 17.3 Å². The van der Waals surface area contributed by atoms with Crippen molar-refractivity contribution < 1.29 is 9.47 Å². The molecule has 0 unspecified atom stereocenters. The van der Waals surface area contributed by atoms with Gasteiger partial charge in [0, 0.05) is 24.4 Å². The van der Waals surface area contributed by atoms with Crippen LogP contribution in [0.1, 0.15) is 12.8 Å². The van der Waals surface area contributed by atoms with Crippen LogP contribution in [-0.2, 0) is 7.05 Å². The highest BCUT2D eigenvalue weighted by molar-refractivity contribution is 7.99. The van der Waals surface area contributed by atoms with Crippen LogP contribution in [0.25, 0.3) is 11.0 Å². The molecule has 0 saturated carbocycles. The van der Waals surface area contributed by atoms with Crippen LogP contribution in [0, 0.1) is 0 Å². The van der Waals surface area contributed by atoms with Crippen molar-refractivity contribution in [3.8, 4) is 11.5 Å². The van der Waals surface area contributed by atoms with Crippen LogP contribution >= 0.6 is 11.8 Å². The normalized spacial score (nSPS) is 18.9. The summed E-state index contributed by atoms with van der Waals surface area (Å²) in [4.78, 5) is 4.75. The number of ether oxygens (including phenoxy) is 2. The number of fused-ring (bicyclic) bond motifs is 2. The lowest BCUT2D eigenvalue weighted by Crippen LogP contribution is -2.29. The maximum Gasteiger partial charge on any atom is 0.231 e. The van der Waals surface area contributed by atoms with Gasteiger partial charge in [0.05, 0.1) is 11.0 Å².